The SMILES string of the molecule is c1cc2cccc3c4nccc5cccc(c(c1)c23)c54. The molecule has 0 aliphatic rings. The van der Waals surface area contributed by atoms with Gasteiger partial charge < -0.3 is 0 Å². The second-order valence-electron chi connectivity index (χ2n) is 5.27. The Morgan fingerprint density at radius 1 is 0.550 bits per heavy atom. The van der Waals surface area contributed by atoms with Gasteiger partial charge in [-0.15, -0.1) is 0 Å². The molecule has 0 saturated carbocycles. The van der Waals surface area contributed by atoms with Gasteiger partial charge in [-0.2, -0.15) is 0 Å². The lowest BCUT2D eigenvalue weighted by Gasteiger charge is -2.12. The maximum Gasteiger partial charge on any atom is 0.0792 e. The van der Waals surface area contributed by atoms with Gasteiger partial charge in [-0.05, 0) is 33.0 Å². The number of aromatic nitrogens is 1. The van der Waals surface area contributed by atoms with Crippen LogP contribution in [0.25, 0.3) is 43.2 Å². The highest BCUT2D eigenvalue weighted by Crippen LogP contribution is 2.38. The zero-order chi connectivity index (χ0) is 13.1. The Hall–Kier alpha value is -2.67. The lowest BCUT2D eigenvalue weighted by Crippen LogP contribution is -1.88. The van der Waals surface area contributed by atoms with Crippen LogP contribution in [-0.4, -0.2) is 4.98 Å². The standard InChI is InChI=1S/C19H11N/c1-4-12-5-3-9-16-17(12)14(7-1)15-8-2-6-13-10-11-20-19(16)18(13)15/h1-11H. The Morgan fingerprint density at radius 2 is 1.15 bits per heavy atom. The molecule has 4 aromatic carbocycles. The van der Waals surface area contributed by atoms with Gasteiger partial charge in [0.05, 0.1) is 5.52 Å². The Balaban J connectivity index is 2.32. The first-order chi connectivity index (χ1) is 9.93. The van der Waals surface area contributed by atoms with E-state index in [1.807, 2.05) is 6.20 Å². The normalized spacial score (nSPS) is 12.0. The predicted octanol–water partition coefficient (Wildman–Crippen LogP) is 5.13. The molecule has 0 spiro atoms. The second kappa shape index (κ2) is 3.45. The lowest BCUT2D eigenvalue weighted by atomic mass is 9.92. The van der Waals surface area contributed by atoms with Crippen molar-refractivity contribution in [2.24, 2.45) is 0 Å². The third-order valence-electron chi connectivity index (χ3n) is 4.24. The van der Waals surface area contributed by atoms with E-state index in [9.17, 15) is 0 Å². The number of rotatable bonds is 0. The average Bonchev–Trinajstić information content (AvgIpc) is 2.52. The largest absolute Gasteiger partial charge is 0.256 e. The molecular weight excluding hydrogens is 242 g/mol. The fraction of sp³-hybridized carbons (Fsp3) is 0. The molecule has 1 heteroatoms. The third kappa shape index (κ3) is 1.11. The lowest BCUT2D eigenvalue weighted by molar-refractivity contribution is 1.44. The molecule has 0 bridgehead atoms. The molecule has 5 rings (SSSR count). The van der Waals surface area contributed by atoms with Crippen LogP contribution in [0.15, 0.2) is 66.9 Å². The van der Waals surface area contributed by atoms with Crippen molar-refractivity contribution in [1.82, 2.24) is 4.98 Å². The Labute approximate surface area is 115 Å². The molecule has 0 radical (unpaired) electrons. The number of fused-ring (bicyclic) bond motifs is 2. The fourth-order valence-electron chi connectivity index (χ4n) is 3.42. The van der Waals surface area contributed by atoms with Crippen molar-refractivity contribution in [3.05, 3.63) is 66.9 Å². The van der Waals surface area contributed by atoms with E-state index in [2.05, 4.69) is 65.6 Å². The summed E-state index contributed by atoms with van der Waals surface area (Å²) in [5.41, 5.74) is 1.11. The minimum atomic E-state index is 1.11. The summed E-state index contributed by atoms with van der Waals surface area (Å²) >= 11 is 0. The van der Waals surface area contributed by atoms with E-state index in [4.69, 9.17) is 0 Å². The van der Waals surface area contributed by atoms with Gasteiger partial charge in [0, 0.05) is 17.0 Å². The smallest absolute Gasteiger partial charge is 0.0792 e. The van der Waals surface area contributed by atoms with Gasteiger partial charge in [0.2, 0.25) is 0 Å². The topological polar surface area (TPSA) is 12.9 Å². The monoisotopic (exact) mass is 253 g/mol. The molecule has 0 aliphatic heterocycles. The maximum atomic E-state index is 4.66. The zero-order valence-electron chi connectivity index (χ0n) is 10.8. The van der Waals surface area contributed by atoms with Crippen molar-refractivity contribution in [2.75, 3.05) is 0 Å². The van der Waals surface area contributed by atoms with Crippen LogP contribution in [-0.2, 0) is 0 Å². The molecule has 0 atom stereocenters. The highest BCUT2D eigenvalue weighted by atomic mass is 14.6. The minimum Gasteiger partial charge on any atom is -0.256 e. The summed E-state index contributed by atoms with van der Waals surface area (Å²) in [5.74, 6) is 0. The second-order valence-corrected chi connectivity index (χ2v) is 5.27. The molecular formula is C19H11N. The molecule has 20 heavy (non-hydrogen) atoms. The minimum absolute atomic E-state index is 1.11. The van der Waals surface area contributed by atoms with Crippen molar-refractivity contribution in [1.29, 1.82) is 0 Å². The van der Waals surface area contributed by atoms with Gasteiger partial charge >= 0.3 is 0 Å². The van der Waals surface area contributed by atoms with Gasteiger partial charge in [-0.1, -0.05) is 54.6 Å². The summed E-state index contributed by atoms with van der Waals surface area (Å²) in [4.78, 5) is 4.66. The van der Waals surface area contributed by atoms with Crippen molar-refractivity contribution in [3.63, 3.8) is 0 Å². The quantitative estimate of drug-likeness (QED) is 0.275. The molecule has 92 valence electrons. The number of hydrogen-bond acceptors (Lipinski definition) is 1. The number of hydrogen-bond donors (Lipinski definition) is 0. The van der Waals surface area contributed by atoms with Crippen LogP contribution >= 0.6 is 0 Å². The Bertz CT molecular complexity index is 923. The van der Waals surface area contributed by atoms with E-state index in [1.165, 1.54) is 37.7 Å². The molecule has 0 saturated heterocycles. The Morgan fingerprint density at radius 3 is 1.90 bits per heavy atom. The van der Waals surface area contributed by atoms with Gasteiger partial charge in [-0.3, -0.25) is 4.98 Å². The summed E-state index contributed by atoms with van der Waals surface area (Å²) < 4.78 is 0. The van der Waals surface area contributed by atoms with Crippen LogP contribution < -0.4 is 0 Å². The van der Waals surface area contributed by atoms with E-state index in [-0.39, 0.29) is 0 Å². The first-order valence-corrected chi connectivity index (χ1v) is 6.84. The molecule has 0 amide bonds. The van der Waals surface area contributed by atoms with E-state index in [1.54, 1.807) is 0 Å². The van der Waals surface area contributed by atoms with Gasteiger partial charge in [0.15, 0.2) is 0 Å². The van der Waals surface area contributed by atoms with Crippen LogP contribution in [0.1, 0.15) is 0 Å². The Kier molecular flexibility index (Phi) is 1.75. The summed E-state index contributed by atoms with van der Waals surface area (Å²) in [6.45, 7) is 0. The molecule has 5 aromatic rings. The van der Waals surface area contributed by atoms with E-state index < -0.39 is 0 Å². The first-order valence-electron chi connectivity index (χ1n) is 6.84. The summed E-state index contributed by atoms with van der Waals surface area (Å²) in [6.07, 6.45) is 1.91. The summed E-state index contributed by atoms with van der Waals surface area (Å²) in [5, 5.41) is 9.03. The first kappa shape index (κ1) is 10.2. The highest BCUT2D eigenvalue weighted by Gasteiger charge is 2.12. The molecule has 0 N–H and O–H groups in total. The van der Waals surface area contributed by atoms with Crippen LogP contribution in [0.3, 0.4) is 0 Å². The van der Waals surface area contributed by atoms with Crippen molar-refractivity contribution in [2.45, 2.75) is 0 Å². The van der Waals surface area contributed by atoms with E-state index in [0.717, 1.165) is 5.52 Å². The number of pyridine rings is 1. The predicted molar refractivity (Wildman–Crippen MR) is 85.4 cm³/mol. The summed E-state index contributed by atoms with van der Waals surface area (Å²) in [6, 6.07) is 21.6. The van der Waals surface area contributed by atoms with Crippen LogP contribution in [0.4, 0.5) is 0 Å². The molecule has 0 fully saturated rings. The van der Waals surface area contributed by atoms with Crippen molar-refractivity contribution >= 4 is 43.2 Å². The fourth-order valence-corrected chi connectivity index (χ4v) is 3.42. The van der Waals surface area contributed by atoms with Crippen LogP contribution in [0.5, 0.6) is 0 Å². The van der Waals surface area contributed by atoms with Gasteiger partial charge in [0.1, 0.15) is 0 Å². The molecule has 1 heterocycles. The number of nitrogens with zero attached hydrogens (tertiary/aromatic N) is 1. The van der Waals surface area contributed by atoms with Crippen LogP contribution in [0.2, 0.25) is 0 Å². The molecule has 1 aromatic heterocycles. The summed E-state index contributed by atoms with van der Waals surface area (Å²) in [7, 11) is 0. The number of benzene rings is 4. The maximum absolute atomic E-state index is 4.66. The molecule has 0 unspecified atom stereocenters. The van der Waals surface area contributed by atoms with Gasteiger partial charge in [-0.25, -0.2) is 0 Å². The zero-order valence-corrected chi connectivity index (χ0v) is 10.8. The molecule has 0 aliphatic carbocycles. The third-order valence-corrected chi connectivity index (χ3v) is 4.24. The highest BCUT2D eigenvalue weighted by molar-refractivity contribution is 6.31. The van der Waals surface area contributed by atoms with Gasteiger partial charge in [0.25, 0.3) is 0 Å². The van der Waals surface area contributed by atoms with E-state index >= 15 is 0 Å². The van der Waals surface area contributed by atoms with E-state index in [0.29, 0.717) is 0 Å². The van der Waals surface area contributed by atoms with Crippen LogP contribution in [0, 0.1) is 0 Å². The van der Waals surface area contributed by atoms with Crippen molar-refractivity contribution in [3.8, 4) is 0 Å². The van der Waals surface area contributed by atoms with Crippen molar-refractivity contribution < 1.29 is 0 Å². The average molecular weight is 253 g/mol. The molecule has 1 nitrogen and oxygen atoms in total.